The molecule has 0 spiro atoms. The van der Waals surface area contributed by atoms with Gasteiger partial charge in [-0.05, 0) is 6.42 Å². The summed E-state index contributed by atoms with van der Waals surface area (Å²) in [6, 6.07) is -0.405. The summed E-state index contributed by atoms with van der Waals surface area (Å²) in [6.07, 6.45) is 4.53. The average molecular weight is 224 g/mol. The fourth-order valence-electron chi connectivity index (χ4n) is 2.08. The Morgan fingerprint density at radius 3 is 3.12 bits per heavy atom. The van der Waals surface area contributed by atoms with Crippen molar-refractivity contribution in [1.82, 2.24) is 14.9 Å². The minimum absolute atomic E-state index is 0.101. The zero-order valence-corrected chi connectivity index (χ0v) is 8.97. The van der Waals surface area contributed by atoms with Crippen LogP contribution in [0.4, 0.5) is 0 Å². The number of aliphatic carboxylic acids is 1. The largest absolute Gasteiger partial charge is 0.480 e. The van der Waals surface area contributed by atoms with Crippen LogP contribution in [-0.4, -0.2) is 51.1 Å². The van der Waals surface area contributed by atoms with Crippen LogP contribution in [0.15, 0.2) is 12.5 Å². The minimum atomic E-state index is -0.802. The molecule has 0 aromatic carbocycles. The van der Waals surface area contributed by atoms with Crippen LogP contribution < -0.4 is 5.73 Å². The Kier molecular flexibility index (Phi) is 3.21. The lowest BCUT2D eigenvalue weighted by molar-refractivity contribution is -0.142. The molecule has 0 aliphatic carbocycles. The van der Waals surface area contributed by atoms with Crippen molar-refractivity contribution >= 4 is 5.97 Å². The zero-order valence-electron chi connectivity index (χ0n) is 8.97. The number of hydrogen-bond donors (Lipinski definition) is 3. The van der Waals surface area contributed by atoms with Crippen molar-refractivity contribution in [2.45, 2.75) is 24.9 Å². The van der Waals surface area contributed by atoms with Crippen LogP contribution in [0.2, 0.25) is 0 Å². The van der Waals surface area contributed by atoms with Crippen molar-refractivity contribution in [2.75, 3.05) is 13.1 Å². The number of imidazole rings is 1. The van der Waals surface area contributed by atoms with Gasteiger partial charge >= 0.3 is 5.97 Å². The number of nitrogens with one attached hydrogen (secondary N) is 1. The number of aromatic amines is 1. The first kappa shape index (κ1) is 11.1. The molecule has 1 aromatic heterocycles. The summed E-state index contributed by atoms with van der Waals surface area (Å²) in [6.45, 7) is 1.41. The van der Waals surface area contributed by atoms with E-state index >= 15 is 0 Å². The number of nitrogens with zero attached hydrogens (tertiary/aromatic N) is 2. The molecular weight excluding hydrogens is 208 g/mol. The Morgan fingerprint density at radius 2 is 2.62 bits per heavy atom. The highest BCUT2D eigenvalue weighted by Crippen LogP contribution is 2.14. The average Bonchev–Trinajstić information content (AvgIpc) is 2.84. The third-order valence-corrected chi connectivity index (χ3v) is 2.95. The van der Waals surface area contributed by atoms with E-state index in [0.29, 0.717) is 13.0 Å². The highest BCUT2D eigenvalue weighted by Gasteiger charge is 2.31. The maximum atomic E-state index is 11.2. The van der Waals surface area contributed by atoms with E-state index in [0.717, 1.165) is 18.7 Å². The molecule has 0 amide bonds. The predicted molar refractivity (Wildman–Crippen MR) is 57.9 cm³/mol. The summed E-state index contributed by atoms with van der Waals surface area (Å²) in [5.74, 6) is -0.802. The molecular formula is C10H16N4O2. The first-order valence-electron chi connectivity index (χ1n) is 5.36. The second kappa shape index (κ2) is 4.63. The Morgan fingerprint density at radius 1 is 1.81 bits per heavy atom. The number of carbonyl (C=O) groups is 1. The zero-order chi connectivity index (χ0) is 11.5. The van der Waals surface area contributed by atoms with Gasteiger partial charge in [0.05, 0.1) is 6.33 Å². The van der Waals surface area contributed by atoms with E-state index in [2.05, 4.69) is 9.97 Å². The Balaban J connectivity index is 2.03. The number of carboxylic acid groups (broad SMARTS) is 1. The normalized spacial score (nSPS) is 23.4. The first-order valence-corrected chi connectivity index (χ1v) is 5.36. The fourth-order valence-corrected chi connectivity index (χ4v) is 2.08. The summed E-state index contributed by atoms with van der Waals surface area (Å²) < 4.78 is 0. The van der Waals surface area contributed by atoms with Crippen LogP contribution in [-0.2, 0) is 11.2 Å². The quantitative estimate of drug-likeness (QED) is 0.637. The molecule has 0 unspecified atom stereocenters. The molecule has 88 valence electrons. The number of likely N-dealkylation sites (tertiary alicyclic amines) is 1. The van der Waals surface area contributed by atoms with Crippen LogP contribution in [0.25, 0.3) is 0 Å². The number of hydrogen-bond acceptors (Lipinski definition) is 4. The smallest absolute Gasteiger partial charge is 0.321 e. The Bertz CT molecular complexity index is 352. The number of rotatable bonds is 4. The van der Waals surface area contributed by atoms with Crippen molar-refractivity contribution < 1.29 is 9.90 Å². The van der Waals surface area contributed by atoms with E-state index in [-0.39, 0.29) is 6.04 Å². The molecule has 1 aliphatic rings. The van der Waals surface area contributed by atoms with Crippen molar-refractivity contribution in [3.63, 3.8) is 0 Å². The van der Waals surface area contributed by atoms with Crippen molar-refractivity contribution in [1.29, 1.82) is 0 Å². The van der Waals surface area contributed by atoms with Crippen molar-refractivity contribution in [3.05, 3.63) is 18.2 Å². The maximum absolute atomic E-state index is 11.2. The van der Waals surface area contributed by atoms with Gasteiger partial charge in [0.25, 0.3) is 0 Å². The van der Waals surface area contributed by atoms with Crippen molar-refractivity contribution in [3.8, 4) is 0 Å². The number of carboxylic acids is 1. The molecule has 2 rings (SSSR count). The van der Waals surface area contributed by atoms with Gasteiger partial charge in [-0.25, -0.2) is 4.98 Å². The molecule has 1 aromatic rings. The lowest BCUT2D eigenvalue weighted by Crippen LogP contribution is -2.42. The van der Waals surface area contributed by atoms with Gasteiger partial charge in [0, 0.05) is 37.4 Å². The molecule has 2 atom stereocenters. The lowest BCUT2D eigenvalue weighted by atomic mass is 10.1. The van der Waals surface area contributed by atoms with Crippen LogP contribution in [0.1, 0.15) is 12.1 Å². The Labute approximate surface area is 93.5 Å². The second-order valence-electron chi connectivity index (χ2n) is 4.18. The highest BCUT2D eigenvalue weighted by molar-refractivity contribution is 5.73. The standard InChI is InChI=1S/C10H16N4O2/c11-7-1-2-14(5-7)9(10(15)16)3-8-4-12-6-13-8/h4,6-7,9H,1-3,5,11H2,(H,12,13)(H,15,16)/t7-,9+/m1/s1. The van der Waals surface area contributed by atoms with Gasteiger partial charge in [-0.1, -0.05) is 0 Å². The Hall–Kier alpha value is -1.40. The molecule has 1 fully saturated rings. The van der Waals surface area contributed by atoms with Crippen LogP contribution >= 0.6 is 0 Å². The maximum Gasteiger partial charge on any atom is 0.321 e. The number of nitrogens with two attached hydrogens (primary N) is 1. The molecule has 6 heteroatoms. The molecule has 4 N–H and O–H groups in total. The number of H-pyrrole nitrogens is 1. The van der Waals surface area contributed by atoms with Crippen molar-refractivity contribution in [2.24, 2.45) is 5.73 Å². The lowest BCUT2D eigenvalue weighted by Gasteiger charge is -2.23. The van der Waals surface area contributed by atoms with E-state index in [1.807, 2.05) is 4.90 Å². The molecule has 6 nitrogen and oxygen atoms in total. The van der Waals surface area contributed by atoms with E-state index in [1.165, 1.54) is 0 Å². The highest BCUT2D eigenvalue weighted by atomic mass is 16.4. The summed E-state index contributed by atoms with van der Waals surface area (Å²) in [5, 5.41) is 9.20. The predicted octanol–water partition coefficient (Wildman–Crippen LogP) is -0.562. The topological polar surface area (TPSA) is 95.2 Å². The van der Waals surface area contributed by atoms with Gasteiger partial charge in [-0.15, -0.1) is 0 Å². The van der Waals surface area contributed by atoms with Crippen LogP contribution in [0.3, 0.4) is 0 Å². The van der Waals surface area contributed by atoms with Gasteiger partial charge in [0.15, 0.2) is 0 Å². The second-order valence-corrected chi connectivity index (χ2v) is 4.18. The first-order chi connectivity index (χ1) is 7.66. The SMILES string of the molecule is N[C@@H]1CCN([C@@H](Cc2cnc[nH]2)C(=O)O)C1. The summed E-state index contributed by atoms with van der Waals surface area (Å²) in [4.78, 5) is 19.9. The third-order valence-electron chi connectivity index (χ3n) is 2.95. The van der Waals surface area contributed by atoms with E-state index < -0.39 is 12.0 Å². The van der Waals surface area contributed by atoms with E-state index in [9.17, 15) is 9.90 Å². The molecule has 0 radical (unpaired) electrons. The van der Waals surface area contributed by atoms with E-state index in [1.54, 1.807) is 12.5 Å². The monoisotopic (exact) mass is 224 g/mol. The third kappa shape index (κ3) is 2.40. The van der Waals surface area contributed by atoms with E-state index in [4.69, 9.17) is 5.73 Å². The van der Waals surface area contributed by atoms with Gasteiger partial charge in [0.2, 0.25) is 0 Å². The summed E-state index contributed by atoms with van der Waals surface area (Å²) >= 11 is 0. The molecule has 2 heterocycles. The van der Waals surface area contributed by atoms with Gasteiger partial charge < -0.3 is 15.8 Å². The van der Waals surface area contributed by atoms with Crippen LogP contribution in [0, 0.1) is 0 Å². The number of aromatic nitrogens is 2. The minimum Gasteiger partial charge on any atom is -0.480 e. The summed E-state index contributed by atoms with van der Waals surface area (Å²) in [5.41, 5.74) is 6.62. The fraction of sp³-hybridized carbons (Fsp3) is 0.600. The molecule has 0 saturated carbocycles. The molecule has 1 saturated heterocycles. The van der Waals surface area contributed by atoms with Crippen LogP contribution in [0.5, 0.6) is 0 Å². The molecule has 16 heavy (non-hydrogen) atoms. The summed E-state index contributed by atoms with van der Waals surface area (Å²) in [7, 11) is 0. The van der Waals surface area contributed by atoms with Gasteiger partial charge in [0.1, 0.15) is 6.04 Å². The molecule has 1 aliphatic heterocycles. The van der Waals surface area contributed by atoms with Gasteiger partial charge in [-0.2, -0.15) is 0 Å². The van der Waals surface area contributed by atoms with Gasteiger partial charge in [-0.3, -0.25) is 9.69 Å². The molecule has 0 bridgehead atoms.